The summed E-state index contributed by atoms with van der Waals surface area (Å²) in [4.78, 5) is 13.8. The maximum absolute atomic E-state index is 5.96. The molecule has 0 unspecified atom stereocenters. The molecule has 0 saturated carbocycles. The van der Waals surface area contributed by atoms with Crippen LogP contribution in [0.15, 0.2) is 6.33 Å². The van der Waals surface area contributed by atoms with Crippen molar-refractivity contribution in [3.05, 3.63) is 16.8 Å². The molecule has 0 spiro atoms. The van der Waals surface area contributed by atoms with Crippen molar-refractivity contribution in [2.24, 2.45) is 5.92 Å². The van der Waals surface area contributed by atoms with Crippen LogP contribution in [0.1, 0.15) is 23.3 Å². The number of thiophene rings is 1. The zero-order valence-electron chi connectivity index (χ0n) is 11.3. The van der Waals surface area contributed by atoms with E-state index in [0.29, 0.717) is 5.92 Å². The van der Waals surface area contributed by atoms with E-state index in [0.717, 1.165) is 42.5 Å². The van der Waals surface area contributed by atoms with Crippen LogP contribution in [-0.4, -0.2) is 28.9 Å². The van der Waals surface area contributed by atoms with E-state index in [2.05, 4.69) is 28.7 Å². The molecular formula is C14H18ClN3S. The fourth-order valence-corrected chi connectivity index (χ4v) is 4.00. The van der Waals surface area contributed by atoms with Gasteiger partial charge in [0.25, 0.3) is 0 Å². The lowest BCUT2D eigenvalue weighted by molar-refractivity contribution is 0.441. The molecule has 5 heteroatoms. The third kappa shape index (κ3) is 2.32. The Kier molecular flexibility index (Phi) is 3.63. The molecule has 2 aromatic heterocycles. The average molecular weight is 296 g/mol. The van der Waals surface area contributed by atoms with Crippen molar-refractivity contribution < 1.29 is 0 Å². The number of nitrogens with zero attached hydrogens (tertiary/aromatic N) is 3. The highest BCUT2D eigenvalue weighted by Crippen LogP contribution is 2.35. The largest absolute Gasteiger partial charge is 0.356 e. The summed E-state index contributed by atoms with van der Waals surface area (Å²) in [5, 5.41) is 1.24. The summed E-state index contributed by atoms with van der Waals surface area (Å²) in [5.41, 5.74) is 1.33. The molecule has 0 N–H and O–H groups in total. The van der Waals surface area contributed by atoms with E-state index in [9.17, 15) is 0 Å². The summed E-state index contributed by atoms with van der Waals surface area (Å²) in [5.74, 6) is 2.56. The Morgan fingerprint density at radius 2 is 2.05 bits per heavy atom. The number of aromatic nitrogens is 2. The third-order valence-electron chi connectivity index (χ3n) is 4.08. The number of anilines is 1. The van der Waals surface area contributed by atoms with Crippen molar-refractivity contribution in [1.82, 2.24) is 9.97 Å². The van der Waals surface area contributed by atoms with Crippen LogP contribution < -0.4 is 4.90 Å². The zero-order valence-corrected chi connectivity index (χ0v) is 12.9. The number of hydrogen-bond acceptors (Lipinski definition) is 4. The van der Waals surface area contributed by atoms with Crippen molar-refractivity contribution in [2.45, 2.75) is 26.7 Å². The first-order valence-corrected chi connectivity index (χ1v) is 8.07. The number of piperidine rings is 1. The van der Waals surface area contributed by atoms with Crippen LogP contribution in [0.4, 0.5) is 5.82 Å². The van der Waals surface area contributed by atoms with Crippen LogP contribution in [0.25, 0.3) is 10.2 Å². The molecule has 1 fully saturated rings. The average Bonchev–Trinajstić information content (AvgIpc) is 2.74. The lowest BCUT2D eigenvalue weighted by Gasteiger charge is -2.32. The van der Waals surface area contributed by atoms with Crippen LogP contribution in [0.5, 0.6) is 0 Å². The molecule has 0 bridgehead atoms. The first-order valence-electron chi connectivity index (χ1n) is 6.72. The van der Waals surface area contributed by atoms with E-state index < -0.39 is 0 Å². The van der Waals surface area contributed by atoms with Crippen LogP contribution in [-0.2, 0) is 0 Å². The molecular weight excluding hydrogens is 278 g/mol. The quantitative estimate of drug-likeness (QED) is 0.790. The monoisotopic (exact) mass is 295 g/mol. The van der Waals surface area contributed by atoms with E-state index in [4.69, 9.17) is 11.6 Å². The minimum absolute atomic E-state index is 0.667. The highest BCUT2D eigenvalue weighted by molar-refractivity contribution is 7.18. The molecule has 2 aromatic rings. The molecule has 1 aliphatic heterocycles. The van der Waals surface area contributed by atoms with E-state index in [-0.39, 0.29) is 0 Å². The third-order valence-corrected chi connectivity index (χ3v) is 5.63. The lowest BCUT2D eigenvalue weighted by Crippen LogP contribution is -2.34. The van der Waals surface area contributed by atoms with Crippen LogP contribution >= 0.6 is 22.9 Å². The molecule has 19 heavy (non-hydrogen) atoms. The summed E-state index contributed by atoms with van der Waals surface area (Å²) in [6.07, 6.45) is 4.02. The Hall–Kier alpha value is -0.870. The van der Waals surface area contributed by atoms with Gasteiger partial charge in [0.1, 0.15) is 17.0 Å². The summed E-state index contributed by atoms with van der Waals surface area (Å²) >= 11 is 7.72. The molecule has 1 saturated heterocycles. The van der Waals surface area contributed by atoms with Crippen molar-refractivity contribution in [1.29, 1.82) is 0 Å². The first kappa shape index (κ1) is 13.1. The van der Waals surface area contributed by atoms with Gasteiger partial charge in [0.2, 0.25) is 0 Å². The van der Waals surface area contributed by atoms with Gasteiger partial charge in [-0.25, -0.2) is 9.97 Å². The number of hydrogen-bond donors (Lipinski definition) is 0. The van der Waals surface area contributed by atoms with Crippen molar-refractivity contribution in [3.63, 3.8) is 0 Å². The number of rotatable bonds is 2. The standard InChI is InChI=1S/C14H18ClN3S/c1-9-10(2)19-14-12(9)13(16-8-17-14)18-5-3-11(7-15)4-6-18/h8,11H,3-7H2,1-2H3. The Labute approximate surface area is 122 Å². The molecule has 0 amide bonds. The molecule has 3 rings (SSSR count). The highest BCUT2D eigenvalue weighted by Gasteiger charge is 2.22. The summed E-state index contributed by atoms with van der Waals surface area (Å²) in [7, 11) is 0. The Balaban J connectivity index is 1.97. The molecule has 0 aliphatic carbocycles. The van der Waals surface area contributed by atoms with Crippen LogP contribution in [0.3, 0.4) is 0 Å². The molecule has 3 heterocycles. The smallest absolute Gasteiger partial charge is 0.141 e. The molecule has 0 aromatic carbocycles. The second kappa shape index (κ2) is 5.25. The van der Waals surface area contributed by atoms with Gasteiger partial charge < -0.3 is 4.90 Å². The molecule has 1 aliphatic rings. The maximum atomic E-state index is 5.96. The number of halogens is 1. The predicted octanol–water partition coefficient (Wildman–Crippen LogP) is 3.76. The lowest BCUT2D eigenvalue weighted by atomic mass is 9.99. The molecule has 0 atom stereocenters. The van der Waals surface area contributed by atoms with Gasteiger partial charge >= 0.3 is 0 Å². The summed E-state index contributed by atoms with van der Waals surface area (Å²) < 4.78 is 0. The zero-order chi connectivity index (χ0) is 13.4. The molecule has 3 nitrogen and oxygen atoms in total. The van der Waals surface area contributed by atoms with Gasteiger partial charge in [-0.05, 0) is 38.2 Å². The van der Waals surface area contributed by atoms with Crippen LogP contribution in [0, 0.1) is 19.8 Å². The van der Waals surface area contributed by atoms with Crippen molar-refractivity contribution in [3.8, 4) is 0 Å². The van der Waals surface area contributed by atoms with Gasteiger partial charge in [-0.2, -0.15) is 0 Å². The van der Waals surface area contributed by atoms with E-state index in [1.54, 1.807) is 17.7 Å². The SMILES string of the molecule is Cc1sc2ncnc(N3CCC(CCl)CC3)c2c1C. The highest BCUT2D eigenvalue weighted by atomic mass is 35.5. The van der Waals surface area contributed by atoms with E-state index in [1.807, 2.05) is 0 Å². The topological polar surface area (TPSA) is 29.0 Å². The number of fused-ring (bicyclic) bond motifs is 1. The molecule has 102 valence electrons. The number of aryl methyl sites for hydroxylation is 2. The van der Waals surface area contributed by atoms with Crippen molar-refractivity contribution in [2.75, 3.05) is 23.9 Å². The summed E-state index contributed by atoms with van der Waals surface area (Å²) in [6.45, 7) is 6.44. The van der Waals surface area contributed by atoms with Crippen LogP contribution in [0.2, 0.25) is 0 Å². The van der Waals surface area contributed by atoms with Gasteiger partial charge in [0.05, 0.1) is 5.39 Å². The van der Waals surface area contributed by atoms with E-state index in [1.165, 1.54) is 15.8 Å². The second-order valence-corrected chi connectivity index (χ2v) is 6.76. The minimum atomic E-state index is 0.667. The first-order chi connectivity index (χ1) is 9.20. The predicted molar refractivity (Wildman–Crippen MR) is 82.5 cm³/mol. The van der Waals surface area contributed by atoms with Gasteiger partial charge in [0, 0.05) is 23.8 Å². The van der Waals surface area contributed by atoms with Gasteiger partial charge in [-0.3, -0.25) is 0 Å². The Morgan fingerprint density at radius 1 is 1.32 bits per heavy atom. The fourth-order valence-electron chi connectivity index (χ4n) is 2.70. The normalized spacial score (nSPS) is 17.3. The maximum Gasteiger partial charge on any atom is 0.141 e. The fraction of sp³-hybridized carbons (Fsp3) is 0.571. The number of alkyl halides is 1. The Bertz CT molecular complexity index is 588. The summed E-state index contributed by atoms with van der Waals surface area (Å²) in [6, 6.07) is 0. The van der Waals surface area contributed by atoms with Crippen molar-refractivity contribution >= 4 is 39.0 Å². The van der Waals surface area contributed by atoms with Gasteiger partial charge in [0.15, 0.2) is 0 Å². The molecule has 0 radical (unpaired) electrons. The Morgan fingerprint density at radius 3 is 2.74 bits per heavy atom. The minimum Gasteiger partial charge on any atom is -0.356 e. The van der Waals surface area contributed by atoms with Gasteiger partial charge in [-0.15, -0.1) is 22.9 Å². The second-order valence-electron chi connectivity index (χ2n) is 5.25. The van der Waals surface area contributed by atoms with E-state index >= 15 is 0 Å². The van der Waals surface area contributed by atoms with Gasteiger partial charge in [-0.1, -0.05) is 0 Å².